The molecular formula is C21H27N3O4. The van der Waals surface area contributed by atoms with Gasteiger partial charge in [-0.3, -0.25) is 4.79 Å². The van der Waals surface area contributed by atoms with E-state index in [1.54, 1.807) is 25.1 Å². The van der Waals surface area contributed by atoms with Crippen LogP contribution in [-0.2, 0) is 14.3 Å². The lowest BCUT2D eigenvalue weighted by Crippen LogP contribution is -2.47. The Bertz CT molecular complexity index is 733. The van der Waals surface area contributed by atoms with Gasteiger partial charge in [-0.15, -0.1) is 0 Å². The van der Waals surface area contributed by atoms with Crippen molar-refractivity contribution in [2.24, 2.45) is 5.92 Å². The van der Waals surface area contributed by atoms with Gasteiger partial charge in [0.05, 0.1) is 6.61 Å². The molecule has 2 aliphatic rings. The molecule has 1 saturated carbocycles. The van der Waals surface area contributed by atoms with Crippen molar-refractivity contribution in [1.82, 2.24) is 10.2 Å². The van der Waals surface area contributed by atoms with E-state index >= 15 is 0 Å². The van der Waals surface area contributed by atoms with Gasteiger partial charge in [-0.1, -0.05) is 12.1 Å². The number of ether oxygens (including phenoxy) is 1. The van der Waals surface area contributed by atoms with E-state index in [9.17, 15) is 14.4 Å². The van der Waals surface area contributed by atoms with E-state index in [0.717, 1.165) is 31.2 Å². The predicted molar refractivity (Wildman–Crippen MR) is 107 cm³/mol. The second-order valence-electron chi connectivity index (χ2n) is 7.18. The van der Waals surface area contributed by atoms with Crippen molar-refractivity contribution in [1.29, 1.82) is 0 Å². The molecule has 1 aromatic carbocycles. The molecule has 1 aliphatic heterocycles. The van der Waals surface area contributed by atoms with Crippen LogP contribution in [0.2, 0.25) is 0 Å². The molecule has 2 fully saturated rings. The van der Waals surface area contributed by atoms with E-state index < -0.39 is 0 Å². The molecule has 3 rings (SSSR count). The van der Waals surface area contributed by atoms with Gasteiger partial charge < -0.3 is 20.3 Å². The monoisotopic (exact) mass is 385 g/mol. The Morgan fingerprint density at radius 2 is 1.79 bits per heavy atom. The van der Waals surface area contributed by atoms with Crippen molar-refractivity contribution in [3.63, 3.8) is 0 Å². The Hall–Kier alpha value is -2.83. The zero-order chi connectivity index (χ0) is 19.9. The third-order valence-corrected chi connectivity index (χ3v) is 4.94. The molecule has 7 nitrogen and oxygen atoms in total. The van der Waals surface area contributed by atoms with E-state index in [2.05, 4.69) is 10.6 Å². The molecule has 7 heteroatoms. The zero-order valence-electron chi connectivity index (χ0n) is 16.1. The molecule has 0 aromatic heterocycles. The number of benzene rings is 1. The van der Waals surface area contributed by atoms with Crippen LogP contribution in [0.25, 0.3) is 6.08 Å². The molecule has 0 bridgehead atoms. The fourth-order valence-electron chi connectivity index (χ4n) is 3.22. The number of nitrogens with zero attached hydrogens (tertiary/aromatic N) is 1. The number of esters is 1. The standard InChI is InChI=1S/C21H27N3O4/c1-2-28-19(25)10-5-15-3-8-17(9-4-15)22-21(27)23-18-11-13-24(14-12-18)20(26)16-6-7-16/h3-5,8-10,16,18H,2,6-7,11-14H2,1H3,(H2,22,23,27)/b10-5+. The number of hydrogen-bond acceptors (Lipinski definition) is 4. The molecule has 1 saturated heterocycles. The molecule has 3 amide bonds. The molecule has 0 unspecified atom stereocenters. The highest BCUT2D eigenvalue weighted by Gasteiger charge is 2.35. The van der Waals surface area contributed by atoms with E-state index in [-0.39, 0.29) is 29.9 Å². The first kappa shape index (κ1) is 19.9. The second kappa shape index (κ2) is 9.39. The maximum atomic E-state index is 12.2. The van der Waals surface area contributed by atoms with Crippen LogP contribution < -0.4 is 10.6 Å². The smallest absolute Gasteiger partial charge is 0.330 e. The minimum Gasteiger partial charge on any atom is -0.463 e. The highest BCUT2D eigenvalue weighted by molar-refractivity contribution is 5.90. The van der Waals surface area contributed by atoms with Crippen LogP contribution >= 0.6 is 0 Å². The van der Waals surface area contributed by atoms with Crippen LogP contribution in [0.5, 0.6) is 0 Å². The van der Waals surface area contributed by atoms with Gasteiger partial charge in [-0.05, 0) is 56.4 Å². The van der Waals surface area contributed by atoms with Gasteiger partial charge in [0.1, 0.15) is 0 Å². The summed E-state index contributed by atoms with van der Waals surface area (Å²) in [5.41, 5.74) is 1.51. The van der Waals surface area contributed by atoms with E-state index in [0.29, 0.717) is 25.4 Å². The fourth-order valence-corrected chi connectivity index (χ4v) is 3.22. The first-order valence-electron chi connectivity index (χ1n) is 9.86. The molecule has 0 atom stereocenters. The number of urea groups is 1. The summed E-state index contributed by atoms with van der Waals surface area (Å²) >= 11 is 0. The van der Waals surface area contributed by atoms with Gasteiger partial charge >= 0.3 is 12.0 Å². The summed E-state index contributed by atoms with van der Waals surface area (Å²) < 4.78 is 4.83. The number of anilines is 1. The van der Waals surface area contributed by atoms with Crippen LogP contribution in [0.1, 0.15) is 38.2 Å². The van der Waals surface area contributed by atoms with Crippen LogP contribution in [0.4, 0.5) is 10.5 Å². The Kier molecular flexibility index (Phi) is 6.68. The van der Waals surface area contributed by atoms with Gasteiger partial charge in [-0.25, -0.2) is 9.59 Å². The number of amides is 3. The number of hydrogen-bond donors (Lipinski definition) is 2. The Balaban J connectivity index is 1.41. The third-order valence-electron chi connectivity index (χ3n) is 4.94. The van der Waals surface area contributed by atoms with Gasteiger partial charge in [0.2, 0.25) is 5.91 Å². The number of likely N-dealkylation sites (tertiary alicyclic amines) is 1. The summed E-state index contributed by atoms with van der Waals surface area (Å²) in [5.74, 6) is 0.150. The highest BCUT2D eigenvalue weighted by Crippen LogP contribution is 2.31. The molecule has 1 heterocycles. The Morgan fingerprint density at radius 1 is 1.11 bits per heavy atom. The topological polar surface area (TPSA) is 87.7 Å². The highest BCUT2D eigenvalue weighted by atomic mass is 16.5. The number of nitrogens with one attached hydrogen (secondary N) is 2. The largest absolute Gasteiger partial charge is 0.463 e. The lowest BCUT2D eigenvalue weighted by Gasteiger charge is -2.32. The predicted octanol–water partition coefficient (Wildman–Crippen LogP) is 2.79. The van der Waals surface area contributed by atoms with Crippen LogP contribution in [0.3, 0.4) is 0 Å². The summed E-state index contributed by atoms with van der Waals surface area (Å²) in [5, 5.41) is 5.79. The normalized spacial score (nSPS) is 17.4. The molecule has 28 heavy (non-hydrogen) atoms. The summed E-state index contributed by atoms with van der Waals surface area (Å²) in [6, 6.07) is 7.01. The average Bonchev–Trinajstić information content (AvgIpc) is 3.53. The molecule has 1 aliphatic carbocycles. The minimum atomic E-state index is -0.381. The maximum Gasteiger partial charge on any atom is 0.330 e. The lowest BCUT2D eigenvalue weighted by atomic mass is 10.0. The van der Waals surface area contributed by atoms with E-state index in [4.69, 9.17) is 4.74 Å². The van der Waals surface area contributed by atoms with Gasteiger partial charge in [0.25, 0.3) is 0 Å². The first-order chi connectivity index (χ1) is 13.5. The van der Waals surface area contributed by atoms with Crippen molar-refractivity contribution in [2.45, 2.75) is 38.6 Å². The van der Waals surface area contributed by atoms with Crippen molar-refractivity contribution < 1.29 is 19.1 Å². The average molecular weight is 385 g/mol. The summed E-state index contributed by atoms with van der Waals surface area (Å²) in [4.78, 5) is 37.5. The molecule has 0 radical (unpaired) electrons. The zero-order valence-corrected chi connectivity index (χ0v) is 16.1. The molecule has 2 N–H and O–H groups in total. The van der Waals surface area contributed by atoms with E-state index in [1.165, 1.54) is 6.08 Å². The summed E-state index contributed by atoms with van der Waals surface area (Å²) in [6.45, 7) is 3.52. The number of carbonyl (C=O) groups excluding carboxylic acids is 3. The van der Waals surface area contributed by atoms with Crippen molar-refractivity contribution in [3.05, 3.63) is 35.9 Å². The quantitative estimate of drug-likeness (QED) is 0.582. The molecule has 150 valence electrons. The first-order valence-corrected chi connectivity index (χ1v) is 9.86. The molecule has 1 aromatic rings. The van der Waals surface area contributed by atoms with Crippen molar-refractivity contribution >= 4 is 29.7 Å². The van der Waals surface area contributed by atoms with Gasteiger partial charge in [0.15, 0.2) is 0 Å². The van der Waals surface area contributed by atoms with Crippen molar-refractivity contribution in [3.8, 4) is 0 Å². The van der Waals surface area contributed by atoms with Crippen LogP contribution in [0.15, 0.2) is 30.3 Å². The Morgan fingerprint density at radius 3 is 2.39 bits per heavy atom. The molecule has 0 spiro atoms. The second-order valence-corrected chi connectivity index (χ2v) is 7.18. The minimum absolute atomic E-state index is 0.0787. The van der Waals surface area contributed by atoms with Crippen molar-refractivity contribution in [2.75, 3.05) is 25.0 Å². The number of piperidine rings is 1. The third kappa shape index (κ3) is 5.84. The number of rotatable bonds is 6. The van der Waals surface area contributed by atoms with Gasteiger partial charge in [-0.2, -0.15) is 0 Å². The Labute approximate surface area is 165 Å². The van der Waals surface area contributed by atoms with E-state index in [1.807, 2.05) is 17.0 Å². The molecular weight excluding hydrogens is 358 g/mol. The maximum absolute atomic E-state index is 12.2. The van der Waals surface area contributed by atoms with Gasteiger partial charge in [0, 0.05) is 36.8 Å². The lowest BCUT2D eigenvalue weighted by molar-refractivity contribution is -0.137. The summed E-state index contributed by atoms with van der Waals surface area (Å²) in [7, 11) is 0. The number of carbonyl (C=O) groups is 3. The summed E-state index contributed by atoms with van der Waals surface area (Å²) in [6.07, 6.45) is 6.65. The fraction of sp³-hybridized carbons (Fsp3) is 0.476. The SMILES string of the molecule is CCOC(=O)/C=C/c1ccc(NC(=O)NC2CCN(C(=O)C3CC3)CC2)cc1. The van der Waals surface area contributed by atoms with Crippen LogP contribution in [-0.4, -0.2) is 48.5 Å². The van der Waals surface area contributed by atoms with Crippen LogP contribution in [0, 0.1) is 5.92 Å².